The topological polar surface area (TPSA) is 158 Å². The van der Waals surface area contributed by atoms with Crippen molar-refractivity contribution in [3.05, 3.63) is 95.1 Å². The summed E-state index contributed by atoms with van der Waals surface area (Å²) >= 11 is 1.83. The number of nitrogens with one attached hydrogen (secondary N) is 1. The maximum Gasteiger partial charge on any atom is 0.416 e. The summed E-state index contributed by atoms with van der Waals surface area (Å²) in [4.78, 5) is 33.5. The quantitative estimate of drug-likeness (QED) is 0.0852. The molecule has 0 aliphatic carbocycles. The van der Waals surface area contributed by atoms with E-state index in [0.717, 1.165) is 36.4 Å². The molecule has 15 heteroatoms. The third-order valence-electron chi connectivity index (χ3n) is 5.02. The predicted molar refractivity (Wildman–Crippen MR) is 144 cm³/mol. The highest BCUT2D eigenvalue weighted by molar-refractivity contribution is 14.1. The summed E-state index contributed by atoms with van der Waals surface area (Å²) in [5.41, 5.74) is -2.47. The van der Waals surface area contributed by atoms with Gasteiger partial charge < -0.3 is 14.8 Å². The average molecular weight is 668 g/mol. The van der Waals surface area contributed by atoms with E-state index >= 15 is 0 Å². The number of hydrogen-bond donors (Lipinski definition) is 1. The molecule has 0 radical (unpaired) electrons. The van der Waals surface area contributed by atoms with E-state index in [1.54, 1.807) is 13.0 Å². The van der Waals surface area contributed by atoms with Crippen LogP contribution in [-0.2, 0) is 11.0 Å². The number of nitro groups is 2. The lowest BCUT2D eigenvalue weighted by molar-refractivity contribution is -0.394. The molecule has 1 amide bonds. The Morgan fingerprint density at radius 1 is 1.10 bits per heavy atom. The molecule has 0 atom stereocenters. The molecule has 40 heavy (non-hydrogen) atoms. The largest absolute Gasteiger partial charge is 0.490 e. The fraction of sp³-hybridized carbons (Fsp3) is 0.120. The minimum atomic E-state index is -4.63. The van der Waals surface area contributed by atoms with E-state index in [1.165, 1.54) is 24.3 Å². The Kier molecular flexibility index (Phi) is 9.27. The van der Waals surface area contributed by atoms with Crippen LogP contribution < -0.4 is 14.8 Å². The number of anilines is 1. The molecule has 3 aromatic carbocycles. The van der Waals surface area contributed by atoms with Crippen molar-refractivity contribution < 1.29 is 37.3 Å². The summed E-state index contributed by atoms with van der Waals surface area (Å²) < 4.78 is 50.6. The lowest BCUT2D eigenvalue weighted by atomic mass is 10.1. The van der Waals surface area contributed by atoms with E-state index in [0.29, 0.717) is 3.57 Å². The zero-order valence-electron chi connectivity index (χ0n) is 20.2. The molecule has 3 aromatic rings. The SMILES string of the molecule is CCOc1cc(/C=C(\C#N)C(=O)Nc2cccc(C(F)(F)F)c2)cc(I)c1Oc1ccc([N+](=O)[O-])cc1[N+](=O)[O-]. The van der Waals surface area contributed by atoms with E-state index in [1.807, 2.05) is 22.6 Å². The summed E-state index contributed by atoms with van der Waals surface area (Å²) in [6.07, 6.45) is -3.45. The van der Waals surface area contributed by atoms with Crippen molar-refractivity contribution in [2.45, 2.75) is 13.1 Å². The molecule has 0 fully saturated rings. The normalized spacial score (nSPS) is 11.3. The Morgan fingerprint density at radius 2 is 1.82 bits per heavy atom. The molecule has 0 aliphatic rings. The molecular formula is C25H16F3IN4O7. The number of halogens is 4. The van der Waals surface area contributed by atoms with Crippen LogP contribution in [0.15, 0.2) is 60.2 Å². The zero-order valence-corrected chi connectivity index (χ0v) is 22.3. The van der Waals surface area contributed by atoms with E-state index in [4.69, 9.17) is 9.47 Å². The van der Waals surface area contributed by atoms with Crippen molar-refractivity contribution in [3.63, 3.8) is 0 Å². The van der Waals surface area contributed by atoms with E-state index < -0.39 is 44.4 Å². The molecule has 0 unspecified atom stereocenters. The van der Waals surface area contributed by atoms with Gasteiger partial charge in [0.15, 0.2) is 11.5 Å². The monoisotopic (exact) mass is 668 g/mol. The van der Waals surface area contributed by atoms with Crippen molar-refractivity contribution in [2.75, 3.05) is 11.9 Å². The Bertz CT molecular complexity index is 1570. The second-order valence-electron chi connectivity index (χ2n) is 7.73. The smallest absolute Gasteiger partial charge is 0.416 e. The summed E-state index contributed by atoms with van der Waals surface area (Å²) in [6, 6.07) is 11.3. The van der Waals surface area contributed by atoms with Crippen LogP contribution in [0.2, 0.25) is 0 Å². The van der Waals surface area contributed by atoms with Gasteiger partial charge in [-0.3, -0.25) is 25.0 Å². The minimum absolute atomic E-state index is 0.0310. The summed E-state index contributed by atoms with van der Waals surface area (Å²) in [6.45, 7) is 1.78. The molecule has 206 valence electrons. The number of ether oxygens (including phenoxy) is 2. The number of rotatable bonds is 9. The van der Waals surface area contributed by atoms with Gasteiger partial charge in [0.2, 0.25) is 5.75 Å². The average Bonchev–Trinajstić information content (AvgIpc) is 2.88. The molecule has 0 saturated carbocycles. The number of amides is 1. The summed E-state index contributed by atoms with van der Waals surface area (Å²) in [7, 11) is 0. The van der Waals surface area contributed by atoms with Crippen molar-refractivity contribution in [2.24, 2.45) is 0 Å². The molecule has 0 aromatic heterocycles. The third-order valence-corrected chi connectivity index (χ3v) is 5.82. The number of benzene rings is 3. The highest BCUT2D eigenvalue weighted by Gasteiger charge is 2.30. The van der Waals surface area contributed by atoms with Crippen LogP contribution in [-0.4, -0.2) is 22.4 Å². The number of nitrogens with zero attached hydrogens (tertiary/aromatic N) is 3. The molecule has 0 heterocycles. The first-order chi connectivity index (χ1) is 18.8. The second-order valence-corrected chi connectivity index (χ2v) is 8.90. The number of nitriles is 1. The number of hydrogen-bond acceptors (Lipinski definition) is 8. The molecule has 3 rings (SSSR count). The van der Waals surface area contributed by atoms with Crippen LogP contribution in [0, 0.1) is 35.1 Å². The van der Waals surface area contributed by atoms with Gasteiger partial charge in [0.1, 0.15) is 11.6 Å². The standard InChI is InChI=1S/C25H16F3IN4O7/c1-2-39-22-10-14(8-15(13-30)24(34)31-17-5-3-4-16(11-17)25(26,27)28)9-19(29)23(22)40-21-7-6-18(32(35)36)12-20(21)33(37)38/h3-12H,2H2,1H3,(H,31,34)/b15-8+. The van der Waals surface area contributed by atoms with Gasteiger partial charge >= 0.3 is 11.9 Å². The van der Waals surface area contributed by atoms with Crippen LogP contribution in [0.25, 0.3) is 6.08 Å². The lowest BCUT2D eigenvalue weighted by Gasteiger charge is -2.15. The highest BCUT2D eigenvalue weighted by Crippen LogP contribution is 2.41. The third kappa shape index (κ3) is 7.22. The number of carbonyl (C=O) groups excluding carboxylic acids is 1. The van der Waals surface area contributed by atoms with E-state index in [9.17, 15) is 43.5 Å². The fourth-order valence-electron chi connectivity index (χ4n) is 3.28. The molecule has 0 saturated heterocycles. The summed E-state index contributed by atoms with van der Waals surface area (Å²) in [5, 5.41) is 34.3. The predicted octanol–water partition coefficient (Wildman–Crippen LogP) is 6.86. The van der Waals surface area contributed by atoms with Gasteiger partial charge in [-0.1, -0.05) is 6.07 Å². The first-order valence-electron chi connectivity index (χ1n) is 11.0. The first kappa shape index (κ1) is 29.8. The second kappa shape index (κ2) is 12.4. The van der Waals surface area contributed by atoms with E-state index in [-0.39, 0.29) is 35.1 Å². The molecule has 0 aliphatic heterocycles. The van der Waals surface area contributed by atoms with Gasteiger partial charge in [0.25, 0.3) is 11.6 Å². The fourth-order valence-corrected chi connectivity index (χ4v) is 4.01. The molecular weight excluding hydrogens is 652 g/mol. The van der Waals surface area contributed by atoms with Crippen LogP contribution in [0.1, 0.15) is 18.1 Å². The molecule has 11 nitrogen and oxygen atoms in total. The van der Waals surface area contributed by atoms with Crippen molar-refractivity contribution >= 4 is 51.6 Å². The van der Waals surface area contributed by atoms with Crippen LogP contribution in [0.5, 0.6) is 17.2 Å². The number of nitro benzene ring substituents is 2. The maximum absolute atomic E-state index is 13.0. The van der Waals surface area contributed by atoms with Crippen molar-refractivity contribution in [3.8, 4) is 23.3 Å². The van der Waals surface area contributed by atoms with Gasteiger partial charge in [0.05, 0.1) is 31.7 Å². The molecule has 0 spiro atoms. The first-order valence-corrected chi connectivity index (χ1v) is 12.1. The summed E-state index contributed by atoms with van der Waals surface area (Å²) in [5.74, 6) is -1.15. The zero-order chi connectivity index (χ0) is 29.6. The number of carbonyl (C=O) groups is 1. The van der Waals surface area contributed by atoms with Crippen molar-refractivity contribution in [1.29, 1.82) is 5.26 Å². The van der Waals surface area contributed by atoms with Crippen molar-refractivity contribution in [1.82, 2.24) is 0 Å². The molecule has 0 bridgehead atoms. The van der Waals surface area contributed by atoms with E-state index in [2.05, 4.69) is 5.32 Å². The molecule has 1 N–H and O–H groups in total. The van der Waals surface area contributed by atoms with Gasteiger partial charge in [-0.15, -0.1) is 0 Å². The van der Waals surface area contributed by atoms with Gasteiger partial charge in [-0.05, 0) is 77.6 Å². The highest BCUT2D eigenvalue weighted by atomic mass is 127. The Labute approximate surface area is 237 Å². The van der Waals surface area contributed by atoms with Gasteiger partial charge in [0, 0.05) is 11.8 Å². The van der Waals surface area contributed by atoms with Gasteiger partial charge in [-0.25, -0.2) is 0 Å². The Morgan fingerprint density at radius 3 is 2.42 bits per heavy atom. The van der Waals surface area contributed by atoms with Gasteiger partial charge in [-0.2, -0.15) is 18.4 Å². The Hall–Kier alpha value is -4.72. The number of alkyl halides is 3. The minimum Gasteiger partial charge on any atom is -0.490 e. The Balaban J connectivity index is 1.96. The van der Waals surface area contributed by atoms with Crippen LogP contribution in [0.3, 0.4) is 0 Å². The number of non-ortho nitro benzene ring substituents is 1. The lowest BCUT2D eigenvalue weighted by Crippen LogP contribution is -2.14. The van der Waals surface area contributed by atoms with Crippen LogP contribution in [0.4, 0.5) is 30.2 Å². The van der Waals surface area contributed by atoms with Crippen LogP contribution >= 0.6 is 22.6 Å². The maximum atomic E-state index is 13.0.